The van der Waals surface area contributed by atoms with E-state index in [2.05, 4.69) is 5.32 Å². The van der Waals surface area contributed by atoms with Crippen LogP contribution >= 0.6 is 0 Å². The monoisotopic (exact) mass is 330 g/mol. The van der Waals surface area contributed by atoms with Crippen molar-refractivity contribution in [1.29, 1.82) is 0 Å². The van der Waals surface area contributed by atoms with E-state index in [1.54, 1.807) is 24.3 Å². The third-order valence-corrected chi connectivity index (χ3v) is 4.72. The van der Waals surface area contributed by atoms with Crippen molar-refractivity contribution in [2.24, 2.45) is 5.92 Å². The molecule has 128 valence electrons. The highest BCUT2D eigenvalue weighted by atomic mass is 16.4. The Morgan fingerprint density at radius 1 is 1.08 bits per heavy atom. The number of amides is 2. The fourth-order valence-electron chi connectivity index (χ4n) is 3.05. The number of hydrogen-bond acceptors (Lipinski definition) is 3. The van der Waals surface area contributed by atoms with E-state index in [1.165, 1.54) is 4.90 Å². The van der Waals surface area contributed by atoms with Gasteiger partial charge in [-0.15, -0.1) is 0 Å². The molecule has 2 atom stereocenters. The highest BCUT2D eigenvalue weighted by Crippen LogP contribution is 2.25. The Bertz CT molecular complexity index is 651. The van der Waals surface area contributed by atoms with Crippen molar-refractivity contribution in [1.82, 2.24) is 10.2 Å². The maximum absolute atomic E-state index is 12.7. The number of hydrogen-bond donors (Lipinski definition) is 2. The maximum Gasteiger partial charge on any atom is 0.326 e. The third-order valence-electron chi connectivity index (χ3n) is 4.72. The minimum Gasteiger partial charge on any atom is -0.480 e. The zero-order valence-corrected chi connectivity index (χ0v) is 13.7. The molecule has 0 radical (unpaired) electrons. The van der Waals surface area contributed by atoms with Crippen LogP contribution in [0.5, 0.6) is 0 Å². The molecule has 1 aliphatic carbocycles. The van der Waals surface area contributed by atoms with E-state index in [4.69, 9.17) is 0 Å². The van der Waals surface area contributed by atoms with Crippen LogP contribution in [-0.2, 0) is 4.79 Å². The minimum atomic E-state index is -0.963. The lowest BCUT2D eigenvalue weighted by atomic mass is 9.92. The van der Waals surface area contributed by atoms with Crippen molar-refractivity contribution in [3.05, 3.63) is 35.4 Å². The van der Waals surface area contributed by atoms with Gasteiger partial charge < -0.3 is 15.3 Å². The van der Waals surface area contributed by atoms with E-state index in [0.717, 1.165) is 19.3 Å². The number of rotatable bonds is 4. The Labute approximate surface area is 140 Å². The first-order chi connectivity index (χ1) is 11.5. The number of nitrogens with zero attached hydrogens (tertiary/aromatic N) is 1. The van der Waals surface area contributed by atoms with Crippen molar-refractivity contribution in [3.63, 3.8) is 0 Å². The fraction of sp³-hybridized carbons (Fsp3) is 0.500. The molecule has 6 nitrogen and oxygen atoms in total. The lowest BCUT2D eigenvalue weighted by molar-refractivity contribution is -0.144. The Hall–Kier alpha value is -2.37. The normalized spacial score (nSPS) is 23.6. The minimum absolute atomic E-state index is 0.133. The molecule has 1 aromatic carbocycles. The first-order valence-electron chi connectivity index (χ1n) is 8.40. The average molecular weight is 330 g/mol. The molecule has 0 aromatic heterocycles. The van der Waals surface area contributed by atoms with Gasteiger partial charge in [0.15, 0.2) is 0 Å². The molecule has 1 saturated carbocycles. The Kier molecular flexibility index (Phi) is 4.55. The van der Waals surface area contributed by atoms with Crippen LogP contribution in [0.15, 0.2) is 24.3 Å². The molecular formula is C18H22N2O4. The molecule has 24 heavy (non-hydrogen) atoms. The van der Waals surface area contributed by atoms with Gasteiger partial charge in [-0.2, -0.15) is 0 Å². The number of carbonyl (C=O) groups is 3. The standard InChI is InChI=1S/C18H22N2O4/c1-11-8-9-20(15(10-11)18(23)24)17(22)13-4-2-12(3-5-13)16(21)19-14-6-7-14/h2-5,11,14-15H,6-10H2,1H3,(H,19,21)(H,23,24). The number of carboxylic acid groups (broad SMARTS) is 1. The second-order valence-corrected chi connectivity index (χ2v) is 6.81. The smallest absolute Gasteiger partial charge is 0.326 e. The van der Waals surface area contributed by atoms with E-state index in [0.29, 0.717) is 30.0 Å². The largest absolute Gasteiger partial charge is 0.480 e. The second-order valence-electron chi connectivity index (χ2n) is 6.81. The number of aliphatic carboxylic acids is 1. The van der Waals surface area contributed by atoms with Gasteiger partial charge in [-0.05, 0) is 55.9 Å². The Morgan fingerprint density at radius 3 is 2.29 bits per heavy atom. The molecule has 2 aliphatic rings. The molecule has 2 unspecified atom stereocenters. The Morgan fingerprint density at radius 2 is 1.71 bits per heavy atom. The van der Waals surface area contributed by atoms with Crippen LogP contribution in [0, 0.1) is 5.92 Å². The van der Waals surface area contributed by atoms with Gasteiger partial charge in [-0.3, -0.25) is 9.59 Å². The molecule has 2 amide bonds. The van der Waals surface area contributed by atoms with Crippen LogP contribution < -0.4 is 5.32 Å². The van der Waals surface area contributed by atoms with Gasteiger partial charge in [0, 0.05) is 23.7 Å². The Balaban J connectivity index is 1.71. The zero-order chi connectivity index (χ0) is 17.3. The van der Waals surface area contributed by atoms with Gasteiger partial charge in [0.25, 0.3) is 11.8 Å². The molecule has 0 spiro atoms. The number of benzene rings is 1. The molecule has 1 saturated heterocycles. The number of nitrogens with one attached hydrogen (secondary N) is 1. The molecule has 0 bridgehead atoms. The van der Waals surface area contributed by atoms with E-state index in [9.17, 15) is 19.5 Å². The topological polar surface area (TPSA) is 86.7 Å². The molecule has 1 aliphatic heterocycles. The lowest BCUT2D eigenvalue weighted by Crippen LogP contribution is -2.49. The number of carbonyl (C=O) groups excluding carboxylic acids is 2. The molecule has 2 fully saturated rings. The predicted molar refractivity (Wildman–Crippen MR) is 87.8 cm³/mol. The fourth-order valence-corrected chi connectivity index (χ4v) is 3.05. The lowest BCUT2D eigenvalue weighted by Gasteiger charge is -2.36. The maximum atomic E-state index is 12.7. The van der Waals surface area contributed by atoms with Crippen LogP contribution in [0.3, 0.4) is 0 Å². The van der Waals surface area contributed by atoms with Crippen LogP contribution in [0.1, 0.15) is 53.3 Å². The number of carboxylic acids is 1. The first kappa shape index (κ1) is 16.5. The molecular weight excluding hydrogens is 308 g/mol. The van der Waals surface area contributed by atoms with E-state index < -0.39 is 12.0 Å². The SMILES string of the molecule is CC1CCN(C(=O)c2ccc(C(=O)NC3CC3)cc2)C(C(=O)O)C1. The summed E-state index contributed by atoms with van der Waals surface area (Å²) in [6.45, 7) is 2.45. The summed E-state index contributed by atoms with van der Waals surface area (Å²) >= 11 is 0. The highest BCUT2D eigenvalue weighted by Gasteiger charge is 2.35. The summed E-state index contributed by atoms with van der Waals surface area (Å²) in [4.78, 5) is 37.5. The van der Waals surface area contributed by atoms with Crippen LogP contribution in [0.2, 0.25) is 0 Å². The van der Waals surface area contributed by atoms with E-state index in [-0.39, 0.29) is 17.9 Å². The van der Waals surface area contributed by atoms with E-state index >= 15 is 0 Å². The van der Waals surface area contributed by atoms with Crippen molar-refractivity contribution in [3.8, 4) is 0 Å². The zero-order valence-electron chi connectivity index (χ0n) is 13.7. The average Bonchev–Trinajstić information content (AvgIpc) is 3.38. The summed E-state index contributed by atoms with van der Waals surface area (Å²) in [7, 11) is 0. The molecule has 1 heterocycles. The molecule has 6 heteroatoms. The summed E-state index contributed by atoms with van der Waals surface area (Å²) in [6, 6.07) is 5.94. The molecule has 3 rings (SSSR count). The van der Waals surface area contributed by atoms with Gasteiger partial charge in [0.2, 0.25) is 0 Å². The summed E-state index contributed by atoms with van der Waals surface area (Å²) < 4.78 is 0. The van der Waals surface area contributed by atoms with E-state index in [1.807, 2.05) is 6.92 Å². The summed E-state index contributed by atoms with van der Waals surface area (Å²) in [6.07, 6.45) is 3.32. The molecule has 1 aromatic rings. The number of likely N-dealkylation sites (tertiary alicyclic amines) is 1. The van der Waals surface area contributed by atoms with Crippen molar-refractivity contribution < 1.29 is 19.5 Å². The second kappa shape index (κ2) is 6.63. The summed E-state index contributed by atoms with van der Waals surface area (Å²) in [5, 5.41) is 12.3. The van der Waals surface area contributed by atoms with Crippen molar-refractivity contribution in [2.75, 3.05) is 6.54 Å². The third kappa shape index (κ3) is 3.58. The van der Waals surface area contributed by atoms with Gasteiger partial charge >= 0.3 is 5.97 Å². The van der Waals surface area contributed by atoms with Crippen LogP contribution in [0.25, 0.3) is 0 Å². The van der Waals surface area contributed by atoms with Crippen molar-refractivity contribution >= 4 is 17.8 Å². The van der Waals surface area contributed by atoms with Gasteiger partial charge in [-0.1, -0.05) is 6.92 Å². The quantitative estimate of drug-likeness (QED) is 0.883. The predicted octanol–water partition coefficient (Wildman–Crippen LogP) is 1.90. The first-order valence-corrected chi connectivity index (χ1v) is 8.40. The van der Waals surface area contributed by atoms with Gasteiger partial charge in [0.1, 0.15) is 6.04 Å². The van der Waals surface area contributed by atoms with Gasteiger partial charge in [-0.25, -0.2) is 4.79 Å². The highest BCUT2D eigenvalue weighted by molar-refractivity contribution is 5.99. The number of piperidine rings is 1. The summed E-state index contributed by atoms with van der Waals surface area (Å²) in [5.74, 6) is -1.09. The van der Waals surface area contributed by atoms with Crippen LogP contribution in [0.4, 0.5) is 0 Å². The van der Waals surface area contributed by atoms with Crippen molar-refractivity contribution in [2.45, 2.75) is 44.7 Å². The molecule has 2 N–H and O–H groups in total. The van der Waals surface area contributed by atoms with Gasteiger partial charge in [0.05, 0.1) is 0 Å². The summed E-state index contributed by atoms with van der Waals surface area (Å²) in [5.41, 5.74) is 0.930. The van der Waals surface area contributed by atoms with Crippen LogP contribution in [-0.4, -0.2) is 46.4 Å².